The van der Waals surface area contributed by atoms with Crippen LogP contribution in [0.5, 0.6) is 0 Å². The first-order valence-corrected chi connectivity index (χ1v) is 6.92. The van der Waals surface area contributed by atoms with Crippen LogP contribution in [0.2, 0.25) is 0 Å². The number of nitrogens with one attached hydrogen (secondary N) is 1. The minimum atomic E-state index is 0.464. The topological polar surface area (TPSA) is 59.6 Å². The highest BCUT2D eigenvalue weighted by Gasteiger charge is 2.19. The van der Waals surface area contributed by atoms with Gasteiger partial charge in [0.1, 0.15) is 5.69 Å². The Labute approximate surface area is 119 Å². The summed E-state index contributed by atoms with van der Waals surface area (Å²) in [6.45, 7) is 2.53. The Morgan fingerprint density at radius 2 is 2.11 bits per heavy atom. The van der Waals surface area contributed by atoms with Crippen LogP contribution < -0.4 is 5.73 Å². The number of aromatic nitrogens is 3. The Bertz CT molecular complexity index is 754. The van der Waals surface area contributed by atoms with Crippen molar-refractivity contribution < 1.29 is 0 Å². The summed E-state index contributed by atoms with van der Waals surface area (Å²) >= 11 is 3.63. The molecule has 19 heavy (non-hydrogen) atoms. The standard InChI is InChI=1S/C14H15BrN4/c1-8-12(9-5-3-4-6-10(9)17-8)14-13(15)11(7-16)19(2)18-14/h3-6,17H,7,16H2,1-2H3. The van der Waals surface area contributed by atoms with Gasteiger partial charge in [-0.25, -0.2) is 0 Å². The zero-order valence-electron chi connectivity index (χ0n) is 10.9. The Kier molecular flexibility index (Phi) is 2.95. The van der Waals surface area contributed by atoms with E-state index < -0.39 is 0 Å². The molecular weight excluding hydrogens is 304 g/mol. The number of fused-ring (bicyclic) bond motifs is 1. The molecule has 0 aliphatic rings. The summed E-state index contributed by atoms with van der Waals surface area (Å²) in [6.07, 6.45) is 0. The summed E-state index contributed by atoms with van der Waals surface area (Å²) in [6, 6.07) is 8.25. The van der Waals surface area contributed by atoms with Crippen molar-refractivity contribution in [2.75, 3.05) is 0 Å². The highest BCUT2D eigenvalue weighted by atomic mass is 79.9. The smallest absolute Gasteiger partial charge is 0.109 e. The lowest BCUT2D eigenvalue weighted by atomic mass is 10.1. The van der Waals surface area contributed by atoms with Crippen LogP contribution in [0.3, 0.4) is 0 Å². The lowest BCUT2D eigenvalue weighted by Crippen LogP contribution is -2.04. The summed E-state index contributed by atoms with van der Waals surface area (Å²) in [5.41, 5.74) is 11.1. The molecule has 1 aromatic carbocycles. The van der Waals surface area contributed by atoms with Gasteiger partial charge in [0, 0.05) is 35.8 Å². The van der Waals surface area contributed by atoms with E-state index >= 15 is 0 Å². The van der Waals surface area contributed by atoms with E-state index in [0.717, 1.165) is 32.6 Å². The summed E-state index contributed by atoms with van der Waals surface area (Å²) < 4.78 is 2.81. The van der Waals surface area contributed by atoms with E-state index in [-0.39, 0.29) is 0 Å². The molecule has 4 nitrogen and oxygen atoms in total. The molecule has 0 aliphatic carbocycles. The van der Waals surface area contributed by atoms with Crippen LogP contribution in [0.4, 0.5) is 0 Å². The van der Waals surface area contributed by atoms with Crippen molar-refractivity contribution in [2.24, 2.45) is 12.8 Å². The van der Waals surface area contributed by atoms with Crippen molar-refractivity contribution in [1.82, 2.24) is 14.8 Å². The number of hydrogen-bond acceptors (Lipinski definition) is 2. The molecule has 0 radical (unpaired) electrons. The molecule has 3 rings (SSSR count). The average Bonchev–Trinajstić information content (AvgIpc) is 2.85. The van der Waals surface area contributed by atoms with Gasteiger partial charge in [0.25, 0.3) is 0 Å². The van der Waals surface area contributed by atoms with Gasteiger partial charge in [-0.3, -0.25) is 4.68 Å². The first kappa shape index (κ1) is 12.4. The molecule has 2 aromatic heterocycles. The van der Waals surface area contributed by atoms with Crippen LogP contribution >= 0.6 is 15.9 Å². The maximum absolute atomic E-state index is 5.77. The van der Waals surface area contributed by atoms with Crippen molar-refractivity contribution in [2.45, 2.75) is 13.5 Å². The monoisotopic (exact) mass is 318 g/mol. The number of para-hydroxylation sites is 1. The third-order valence-corrected chi connectivity index (χ3v) is 4.26. The second kappa shape index (κ2) is 4.51. The number of aryl methyl sites for hydroxylation is 2. The predicted molar refractivity (Wildman–Crippen MR) is 80.8 cm³/mol. The number of nitrogens with zero attached hydrogens (tertiary/aromatic N) is 2. The number of H-pyrrole nitrogens is 1. The highest BCUT2D eigenvalue weighted by Crippen LogP contribution is 2.36. The number of aromatic amines is 1. The molecule has 0 fully saturated rings. The predicted octanol–water partition coefficient (Wildman–Crippen LogP) is 3.10. The van der Waals surface area contributed by atoms with Gasteiger partial charge in [0.15, 0.2) is 0 Å². The van der Waals surface area contributed by atoms with Gasteiger partial charge >= 0.3 is 0 Å². The number of nitrogens with two attached hydrogens (primary N) is 1. The second-order valence-electron chi connectivity index (χ2n) is 4.61. The average molecular weight is 319 g/mol. The Morgan fingerprint density at radius 1 is 1.37 bits per heavy atom. The Balaban J connectivity index is 2.33. The minimum absolute atomic E-state index is 0.464. The van der Waals surface area contributed by atoms with E-state index in [1.54, 1.807) is 0 Å². The molecule has 0 spiro atoms. The van der Waals surface area contributed by atoms with Gasteiger partial charge in [-0.05, 0) is 28.9 Å². The van der Waals surface area contributed by atoms with Gasteiger partial charge in [-0.1, -0.05) is 18.2 Å². The van der Waals surface area contributed by atoms with E-state index in [0.29, 0.717) is 6.54 Å². The molecule has 0 atom stereocenters. The van der Waals surface area contributed by atoms with Gasteiger partial charge in [0.05, 0.1) is 10.2 Å². The summed E-state index contributed by atoms with van der Waals surface area (Å²) in [5.74, 6) is 0. The zero-order valence-corrected chi connectivity index (χ0v) is 12.5. The molecule has 3 N–H and O–H groups in total. The van der Waals surface area contributed by atoms with Gasteiger partial charge in [-0.2, -0.15) is 5.10 Å². The lowest BCUT2D eigenvalue weighted by Gasteiger charge is -1.98. The van der Waals surface area contributed by atoms with Crippen LogP contribution in [0, 0.1) is 6.92 Å². The fourth-order valence-corrected chi connectivity index (χ4v) is 3.19. The Hall–Kier alpha value is -1.59. The lowest BCUT2D eigenvalue weighted by molar-refractivity contribution is 0.713. The first-order chi connectivity index (χ1) is 9.13. The van der Waals surface area contributed by atoms with E-state index in [4.69, 9.17) is 5.73 Å². The van der Waals surface area contributed by atoms with E-state index in [1.807, 2.05) is 23.9 Å². The largest absolute Gasteiger partial charge is 0.358 e. The van der Waals surface area contributed by atoms with Crippen LogP contribution in [0.25, 0.3) is 22.2 Å². The molecule has 98 valence electrons. The maximum atomic E-state index is 5.77. The fraction of sp³-hybridized carbons (Fsp3) is 0.214. The molecule has 3 aromatic rings. The molecule has 0 aliphatic heterocycles. The van der Waals surface area contributed by atoms with Gasteiger partial charge in [0.2, 0.25) is 0 Å². The van der Waals surface area contributed by atoms with E-state index in [1.165, 1.54) is 5.39 Å². The molecule has 0 saturated heterocycles. The number of hydrogen-bond donors (Lipinski definition) is 2. The molecule has 0 bridgehead atoms. The summed E-state index contributed by atoms with van der Waals surface area (Å²) in [5, 5.41) is 5.79. The van der Waals surface area contributed by atoms with Crippen LogP contribution in [0.1, 0.15) is 11.4 Å². The number of rotatable bonds is 2. The Morgan fingerprint density at radius 3 is 2.79 bits per heavy atom. The SMILES string of the molecule is Cc1[nH]c2ccccc2c1-c1nn(C)c(CN)c1Br. The molecular formula is C14H15BrN4. The van der Waals surface area contributed by atoms with Crippen molar-refractivity contribution in [3.63, 3.8) is 0 Å². The van der Waals surface area contributed by atoms with Gasteiger partial charge < -0.3 is 10.7 Å². The van der Waals surface area contributed by atoms with E-state index in [2.05, 4.69) is 45.1 Å². The van der Waals surface area contributed by atoms with E-state index in [9.17, 15) is 0 Å². The molecule has 0 unspecified atom stereocenters. The van der Waals surface area contributed by atoms with Crippen molar-refractivity contribution in [3.8, 4) is 11.3 Å². The quantitative estimate of drug-likeness (QED) is 0.762. The normalized spacial score (nSPS) is 11.4. The summed E-state index contributed by atoms with van der Waals surface area (Å²) in [4.78, 5) is 3.40. The molecule has 5 heteroatoms. The van der Waals surface area contributed by atoms with Crippen molar-refractivity contribution >= 4 is 26.8 Å². The summed E-state index contributed by atoms with van der Waals surface area (Å²) in [7, 11) is 1.92. The minimum Gasteiger partial charge on any atom is -0.358 e. The number of benzene rings is 1. The second-order valence-corrected chi connectivity index (χ2v) is 5.40. The van der Waals surface area contributed by atoms with Crippen LogP contribution in [-0.4, -0.2) is 14.8 Å². The fourth-order valence-electron chi connectivity index (χ4n) is 2.50. The molecule has 2 heterocycles. The van der Waals surface area contributed by atoms with Crippen molar-refractivity contribution in [1.29, 1.82) is 0 Å². The molecule has 0 saturated carbocycles. The maximum Gasteiger partial charge on any atom is 0.109 e. The third kappa shape index (κ3) is 1.81. The first-order valence-electron chi connectivity index (χ1n) is 6.12. The van der Waals surface area contributed by atoms with Crippen molar-refractivity contribution in [3.05, 3.63) is 40.1 Å². The van der Waals surface area contributed by atoms with Crippen LogP contribution in [0.15, 0.2) is 28.7 Å². The van der Waals surface area contributed by atoms with Crippen LogP contribution in [-0.2, 0) is 13.6 Å². The van der Waals surface area contributed by atoms with Gasteiger partial charge in [-0.15, -0.1) is 0 Å². The zero-order chi connectivity index (χ0) is 13.6. The number of halogens is 1. The highest BCUT2D eigenvalue weighted by molar-refractivity contribution is 9.10. The third-order valence-electron chi connectivity index (χ3n) is 3.43. The molecule has 0 amide bonds.